The van der Waals surface area contributed by atoms with E-state index in [2.05, 4.69) is 50.4 Å². The lowest BCUT2D eigenvalue weighted by Gasteiger charge is -2.26. The van der Waals surface area contributed by atoms with Gasteiger partial charge in [-0.15, -0.1) is 0 Å². The molecule has 1 aliphatic rings. The molecule has 0 aliphatic heterocycles. The van der Waals surface area contributed by atoms with Crippen molar-refractivity contribution in [2.45, 2.75) is 24.3 Å². The van der Waals surface area contributed by atoms with Gasteiger partial charge in [0.05, 0.1) is 11.5 Å². The van der Waals surface area contributed by atoms with Gasteiger partial charge in [-0.1, -0.05) is 58.4 Å². The molecule has 1 atom stereocenters. The molecular formula is C20H23BrN2O. The number of nitrogens with zero attached hydrogens (tertiary/aromatic N) is 1. The van der Waals surface area contributed by atoms with Crippen LogP contribution in [0.3, 0.4) is 0 Å². The fraction of sp³-hybridized carbons (Fsp3) is 0.350. The molecule has 126 valence electrons. The van der Waals surface area contributed by atoms with Crippen molar-refractivity contribution in [3.63, 3.8) is 0 Å². The Labute approximate surface area is 152 Å². The molecule has 24 heavy (non-hydrogen) atoms. The molecule has 0 aromatic heterocycles. The minimum atomic E-state index is -0.325. The Hall–Kier alpha value is -1.65. The molecular weight excluding hydrogens is 364 g/mol. The van der Waals surface area contributed by atoms with Crippen LogP contribution in [0.5, 0.6) is 0 Å². The van der Waals surface area contributed by atoms with E-state index in [1.54, 1.807) is 0 Å². The fourth-order valence-electron chi connectivity index (χ4n) is 3.17. The molecule has 0 radical (unpaired) electrons. The third-order valence-electron chi connectivity index (χ3n) is 4.85. The van der Waals surface area contributed by atoms with Crippen molar-refractivity contribution in [2.24, 2.45) is 0 Å². The molecule has 4 heteroatoms. The van der Waals surface area contributed by atoms with Crippen LogP contribution in [0.15, 0.2) is 59.1 Å². The van der Waals surface area contributed by atoms with Crippen LogP contribution in [0.2, 0.25) is 0 Å². The molecule has 1 saturated carbocycles. The zero-order valence-electron chi connectivity index (χ0n) is 14.1. The largest absolute Gasteiger partial charge is 0.353 e. The SMILES string of the molecule is CN(C)C(CNC(=O)C1(c2ccc(Br)cc2)CC1)c1ccccc1. The summed E-state index contributed by atoms with van der Waals surface area (Å²) in [6.07, 6.45) is 1.86. The highest BCUT2D eigenvalue weighted by molar-refractivity contribution is 9.10. The molecule has 0 bridgehead atoms. The summed E-state index contributed by atoms with van der Waals surface area (Å²) < 4.78 is 1.04. The molecule has 1 aliphatic carbocycles. The summed E-state index contributed by atoms with van der Waals surface area (Å²) in [4.78, 5) is 15.0. The normalized spacial score (nSPS) is 16.7. The number of carbonyl (C=O) groups is 1. The van der Waals surface area contributed by atoms with Crippen LogP contribution >= 0.6 is 15.9 Å². The summed E-state index contributed by atoms with van der Waals surface area (Å²) in [5, 5.41) is 3.19. The number of hydrogen-bond donors (Lipinski definition) is 1. The van der Waals surface area contributed by atoms with Crippen molar-refractivity contribution < 1.29 is 4.79 Å². The lowest BCUT2D eigenvalue weighted by atomic mass is 9.95. The monoisotopic (exact) mass is 386 g/mol. The lowest BCUT2D eigenvalue weighted by molar-refractivity contribution is -0.123. The van der Waals surface area contributed by atoms with Gasteiger partial charge in [-0.25, -0.2) is 0 Å². The number of likely N-dealkylation sites (N-methyl/N-ethyl adjacent to an activating group) is 1. The molecule has 1 N–H and O–H groups in total. The summed E-state index contributed by atoms with van der Waals surface area (Å²) in [6.45, 7) is 0.619. The van der Waals surface area contributed by atoms with Gasteiger partial charge in [0.2, 0.25) is 5.91 Å². The summed E-state index contributed by atoms with van der Waals surface area (Å²) in [5.41, 5.74) is 2.01. The van der Waals surface area contributed by atoms with Crippen LogP contribution in [-0.2, 0) is 10.2 Å². The lowest BCUT2D eigenvalue weighted by Crippen LogP contribution is -2.40. The molecule has 1 unspecified atom stereocenters. The maximum absolute atomic E-state index is 12.8. The van der Waals surface area contributed by atoms with Gasteiger partial charge in [-0.05, 0) is 50.2 Å². The first-order valence-electron chi connectivity index (χ1n) is 8.29. The van der Waals surface area contributed by atoms with E-state index < -0.39 is 0 Å². The molecule has 0 heterocycles. The van der Waals surface area contributed by atoms with E-state index in [1.807, 2.05) is 44.4 Å². The fourth-order valence-corrected chi connectivity index (χ4v) is 3.44. The number of amides is 1. The molecule has 1 amide bonds. The van der Waals surface area contributed by atoms with E-state index in [1.165, 1.54) is 5.56 Å². The zero-order valence-corrected chi connectivity index (χ0v) is 15.7. The second-order valence-corrected chi connectivity index (χ2v) is 7.60. The second kappa shape index (κ2) is 7.08. The Balaban J connectivity index is 1.69. The first-order valence-corrected chi connectivity index (χ1v) is 9.08. The van der Waals surface area contributed by atoms with Crippen LogP contribution < -0.4 is 5.32 Å². The Bertz CT molecular complexity index is 693. The highest BCUT2D eigenvalue weighted by Gasteiger charge is 2.51. The van der Waals surface area contributed by atoms with E-state index >= 15 is 0 Å². The van der Waals surface area contributed by atoms with Crippen LogP contribution in [0.1, 0.15) is 30.0 Å². The quantitative estimate of drug-likeness (QED) is 0.816. The molecule has 3 rings (SSSR count). The van der Waals surface area contributed by atoms with Gasteiger partial charge in [0.25, 0.3) is 0 Å². The predicted octanol–water partition coefficient (Wildman–Crippen LogP) is 3.90. The predicted molar refractivity (Wildman–Crippen MR) is 101 cm³/mol. The average Bonchev–Trinajstić information content (AvgIpc) is 3.38. The highest BCUT2D eigenvalue weighted by atomic mass is 79.9. The van der Waals surface area contributed by atoms with Crippen molar-refractivity contribution in [3.05, 3.63) is 70.2 Å². The van der Waals surface area contributed by atoms with Gasteiger partial charge in [0, 0.05) is 11.0 Å². The van der Waals surface area contributed by atoms with Gasteiger partial charge >= 0.3 is 0 Å². The maximum Gasteiger partial charge on any atom is 0.230 e. The van der Waals surface area contributed by atoms with Crippen molar-refractivity contribution >= 4 is 21.8 Å². The first-order chi connectivity index (χ1) is 11.5. The third kappa shape index (κ3) is 3.55. The van der Waals surface area contributed by atoms with Gasteiger partial charge < -0.3 is 10.2 Å². The smallest absolute Gasteiger partial charge is 0.230 e. The summed E-state index contributed by atoms with van der Waals surface area (Å²) in [6, 6.07) is 18.6. The van der Waals surface area contributed by atoms with Crippen molar-refractivity contribution in [3.8, 4) is 0 Å². The Kier molecular flexibility index (Phi) is 5.07. The topological polar surface area (TPSA) is 32.3 Å². The van der Waals surface area contributed by atoms with Crippen molar-refractivity contribution in [1.82, 2.24) is 10.2 Å². The third-order valence-corrected chi connectivity index (χ3v) is 5.37. The highest BCUT2D eigenvalue weighted by Crippen LogP contribution is 2.48. The summed E-state index contributed by atoms with van der Waals surface area (Å²) in [5.74, 6) is 0.146. The maximum atomic E-state index is 12.8. The number of nitrogens with one attached hydrogen (secondary N) is 1. The van der Waals surface area contributed by atoms with Crippen molar-refractivity contribution in [1.29, 1.82) is 0 Å². The molecule has 1 fully saturated rings. The van der Waals surface area contributed by atoms with Crippen LogP contribution in [-0.4, -0.2) is 31.4 Å². The Morgan fingerprint density at radius 1 is 1.12 bits per heavy atom. The Morgan fingerprint density at radius 2 is 1.75 bits per heavy atom. The molecule has 2 aromatic carbocycles. The molecule has 0 saturated heterocycles. The van der Waals surface area contributed by atoms with E-state index in [0.29, 0.717) is 6.54 Å². The minimum Gasteiger partial charge on any atom is -0.353 e. The van der Waals surface area contributed by atoms with Crippen LogP contribution in [0.4, 0.5) is 0 Å². The Morgan fingerprint density at radius 3 is 2.29 bits per heavy atom. The van der Waals surface area contributed by atoms with Gasteiger partial charge in [0.15, 0.2) is 0 Å². The number of benzene rings is 2. The number of rotatable bonds is 6. The van der Waals surface area contributed by atoms with Gasteiger partial charge in [-0.3, -0.25) is 4.79 Å². The number of hydrogen-bond acceptors (Lipinski definition) is 2. The summed E-state index contributed by atoms with van der Waals surface area (Å²) in [7, 11) is 4.09. The van der Waals surface area contributed by atoms with E-state index in [0.717, 1.165) is 22.9 Å². The average molecular weight is 387 g/mol. The van der Waals surface area contributed by atoms with E-state index in [4.69, 9.17) is 0 Å². The first kappa shape index (κ1) is 17.2. The van der Waals surface area contributed by atoms with Crippen LogP contribution in [0, 0.1) is 0 Å². The van der Waals surface area contributed by atoms with Crippen LogP contribution in [0.25, 0.3) is 0 Å². The van der Waals surface area contributed by atoms with Gasteiger partial charge in [-0.2, -0.15) is 0 Å². The molecule has 0 spiro atoms. The number of carbonyl (C=O) groups excluding carboxylic acids is 1. The summed E-state index contributed by atoms with van der Waals surface area (Å²) >= 11 is 3.46. The molecule has 3 nitrogen and oxygen atoms in total. The van der Waals surface area contributed by atoms with Crippen molar-refractivity contribution in [2.75, 3.05) is 20.6 Å². The van der Waals surface area contributed by atoms with E-state index in [9.17, 15) is 4.79 Å². The zero-order chi connectivity index (χ0) is 17.2. The standard InChI is InChI=1S/C20H23BrN2O/c1-23(2)18(15-6-4-3-5-7-15)14-22-19(24)20(12-13-20)16-8-10-17(21)11-9-16/h3-11,18H,12-14H2,1-2H3,(H,22,24). The minimum absolute atomic E-state index is 0.146. The van der Waals surface area contributed by atoms with E-state index in [-0.39, 0.29) is 17.4 Å². The molecule has 2 aromatic rings. The second-order valence-electron chi connectivity index (χ2n) is 6.69. The van der Waals surface area contributed by atoms with Gasteiger partial charge in [0.1, 0.15) is 0 Å². The number of halogens is 1.